The molecule has 2 rings (SSSR count). The molecule has 126 valence electrons. The molecular formula is C19H21NO4. The van der Waals surface area contributed by atoms with Gasteiger partial charge in [-0.05, 0) is 48.6 Å². The monoisotopic (exact) mass is 327 g/mol. The van der Waals surface area contributed by atoms with Gasteiger partial charge in [-0.3, -0.25) is 4.79 Å². The number of benzene rings is 2. The third-order valence-corrected chi connectivity index (χ3v) is 3.61. The maximum Gasteiger partial charge on any atom is 0.203 e. The van der Waals surface area contributed by atoms with Gasteiger partial charge in [-0.1, -0.05) is 0 Å². The third-order valence-electron chi connectivity index (χ3n) is 3.61. The van der Waals surface area contributed by atoms with Gasteiger partial charge in [0.25, 0.3) is 0 Å². The van der Waals surface area contributed by atoms with E-state index in [9.17, 15) is 4.79 Å². The smallest absolute Gasteiger partial charge is 0.203 e. The minimum Gasteiger partial charge on any atom is -0.493 e. The average molecular weight is 327 g/mol. The van der Waals surface area contributed by atoms with E-state index < -0.39 is 0 Å². The van der Waals surface area contributed by atoms with Crippen molar-refractivity contribution in [2.45, 2.75) is 0 Å². The fraction of sp³-hybridized carbons (Fsp3) is 0.211. The third kappa shape index (κ3) is 3.68. The van der Waals surface area contributed by atoms with Crippen LogP contribution in [0.3, 0.4) is 0 Å². The molecule has 0 aliphatic heterocycles. The second-order valence-electron chi connectivity index (χ2n) is 4.95. The van der Waals surface area contributed by atoms with E-state index in [0.29, 0.717) is 22.8 Å². The number of hydrogen-bond acceptors (Lipinski definition) is 5. The maximum atomic E-state index is 12.3. The van der Waals surface area contributed by atoms with Crippen molar-refractivity contribution in [2.75, 3.05) is 33.7 Å². The number of allylic oxidation sites excluding steroid dienone is 1. The summed E-state index contributed by atoms with van der Waals surface area (Å²) in [6.45, 7) is 0. The van der Waals surface area contributed by atoms with Gasteiger partial charge < -0.3 is 19.5 Å². The Morgan fingerprint density at radius 2 is 1.58 bits per heavy atom. The molecule has 0 atom stereocenters. The standard InChI is InChI=1S/C19H21NO4/c1-20-15-9-5-13(6-10-15)16(21)11-7-14-8-12-17(22-2)19(24-4)18(14)23-3/h5-12,20H,1-4H3/b11-7+. The quantitative estimate of drug-likeness (QED) is 0.621. The fourth-order valence-corrected chi connectivity index (χ4v) is 2.32. The van der Waals surface area contributed by atoms with Crippen LogP contribution < -0.4 is 19.5 Å². The highest BCUT2D eigenvalue weighted by atomic mass is 16.5. The Labute approximate surface area is 141 Å². The SMILES string of the molecule is CNc1ccc(C(=O)/C=C/c2ccc(OC)c(OC)c2OC)cc1. The van der Waals surface area contributed by atoms with Crippen LogP contribution in [0.1, 0.15) is 15.9 Å². The number of nitrogens with one attached hydrogen (secondary N) is 1. The van der Waals surface area contributed by atoms with Crippen molar-refractivity contribution in [1.29, 1.82) is 0 Å². The summed E-state index contributed by atoms with van der Waals surface area (Å²) in [5.74, 6) is 1.49. The molecule has 0 bridgehead atoms. The summed E-state index contributed by atoms with van der Waals surface area (Å²) in [4.78, 5) is 12.3. The number of ether oxygens (including phenoxy) is 3. The molecule has 0 fully saturated rings. The molecule has 0 saturated heterocycles. The minimum atomic E-state index is -0.0884. The highest BCUT2D eigenvalue weighted by Gasteiger charge is 2.14. The number of anilines is 1. The first-order valence-corrected chi connectivity index (χ1v) is 7.43. The van der Waals surface area contributed by atoms with Crippen LogP contribution in [-0.2, 0) is 0 Å². The van der Waals surface area contributed by atoms with Crippen LogP contribution >= 0.6 is 0 Å². The molecule has 0 amide bonds. The molecule has 2 aromatic rings. The van der Waals surface area contributed by atoms with Crippen molar-refractivity contribution in [1.82, 2.24) is 0 Å². The fourth-order valence-electron chi connectivity index (χ4n) is 2.32. The van der Waals surface area contributed by atoms with Crippen molar-refractivity contribution in [3.05, 3.63) is 53.6 Å². The van der Waals surface area contributed by atoms with Crippen molar-refractivity contribution in [3.8, 4) is 17.2 Å². The minimum absolute atomic E-state index is 0.0884. The molecule has 5 heteroatoms. The number of methoxy groups -OCH3 is 3. The van der Waals surface area contributed by atoms with Crippen LogP contribution in [0.2, 0.25) is 0 Å². The van der Waals surface area contributed by atoms with Gasteiger partial charge in [0.05, 0.1) is 21.3 Å². The van der Waals surface area contributed by atoms with Crippen molar-refractivity contribution in [3.63, 3.8) is 0 Å². The predicted octanol–water partition coefficient (Wildman–Crippen LogP) is 3.65. The molecule has 5 nitrogen and oxygen atoms in total. The zero-order valence-electron chi connectivity index (χ0n) is 14.3. The summed E-state index contributed by atoms with van der Waals surface area (Å²) in [5.41, 5.74) is 2.30. The summed E-state index contributed by atoms with van der Waals surface area (Å²) >= 11 is 0. The van der Waals surface area contributed by atoms with Gasteiger partial charge in [-0.15, -0.1) is 0 Å². The lowest BCUT2D eigenvalue weighted by Gasteiger charge is -2.13. The molecule has 1 N–H and O–H groups in total. The van der Waals surface area contributed by atoms with Crippen LogP contribution in [0.15, 0.2) is 42.5 Å². The molecule has 0 radical (unpaired) electrons. The van der Waals surface area contributed by atoms with Gasteiger partial charge in [0.15, 0.2) is 17.3 Å². The number of hydrogen-bond donors (Lipinski definition) is 1. The maximum absolute atomic E-state index is 12.3. The van der Waals surface area contributed by atoms with E-state index in [4.69, 9.17) is 14.2 Å². The molecule has 0 heterocycles. The van der Waals surface area contributed by atoms with Crippen LogP contribution in [0.25, 0.3) is 6.08 Å². The van der Waals surface area contributed by atoms with Gasteiger partial charge in [-0.2, -0.15) is 0 Å². The van der Waals surface area contributed by atoms with E-state index in [2.05, 4.69) is 5.32 Å². The highest BCUT2D eigenvalue weighted by molar-refractivity contribution is 6.07. The molecule has 2 aromatic carbocycles. The highest BCUT2D eigenvalue weighted by Crippen LogP contribution is 2.40. The lowest BCUT2D eigenvalue weighted by atomic mass is 10.1. The van der Waals surface area contributed by atoms with E-state index in [1.807, 2.05) is 25.2 Å². The second-order valence-corrected chi connectivity index (χ2v) is 4.95. The Bertz CT molecular complexity index is 736. The molecule has 0 saturated carbocycles. The summed E-state index contributed by atoms with van der Waals surface area (Å²) in [6.07, 6.45) is 3.22. The van der Waals surface area contributed by atoms with Crippen LogP contribution in [0, 0.1) is 0 Å². The van der Waals surface area contributed by atoms with Crippen LogP contribution in [0.5, 0.6) is 17.2 Å². The second kappa shape index (κ2) is 8.06. The number of carbonyl (C=O) groups excluding carboxylic acids is 1. The first kappa shape index (κ1) is 17.4. The number of ketones is 1. The Morgan fingerprint density at radius 1 is 0.917 bits per heavy atom. The topological polar surface area (TPSA) is 56.8 Å². The zero-order chi connectivity index (χ0) is 17.5. The molecule has 0 aromatic heterocycles. The van der Waals surface area contributed by atoms with Gasteiger partial charge in [0.2, 0.25) is 5.75 Å². The van der Waals surface area contributed by atoms with Gasteiger partial charge in [-0.25, -0.2) is 0 Å². The summed E-state index contributed by atoms with van der Waals surface area (Å²) in [5, 5.41) is 3.02. The van der Waals surface area contributed by atoms with Crippen LogP contribution in [0.4, 0.5) is 5.69 Å². The van der Waals surface area contributed by atoms with Crippen molar-refractivity contribution >= 4 is 17.5 Å². The average Bonchev–Trinajstić information content (AvgIpc) is 2.64. The molecule has 0 unspecified atom stereocenters. The Morgan fingerprint density at radius 3 is 2.12 bits per heavy atom. The Hall–Kier alpha value is -2.95. The lowest BCUT2D eigenvalue weighted by molar-refractivity contribution is 0.104. The Kier molecular flexibility index (Phi) is 5.84. The Balaban J connectivity index is 2.28. The molecule has 0 aliphatic carbocycles. The van der Waals surface area contributed by atoms with E-state index >= 15 is 0 Å². The largest absolute Gasteiger partial charge is 0.493 e. The van der Waals surface area contributed by atoms with E-state index in [1.165, 1.54) is 6.08 Å². The van der Waals surface area contributed by atoms with E-state index in [0.717, 1.165) is 11.3 Å². The van der Waals surface area contributed by atoms with E-state index in [-0.39, 0.29) is 5.78 Å². The van der Waals surface area contributed by atoms with Gasteiger partial charge in [0.1, 0.15) is 0 Å². The number of carbonyl (C=O) groups is 1. The molecule has 0 spiro atoms. The summed E-state index contributed by atoms with van der Waals surface area (Å²) in [6, 6.07) is 10.9. The van der Waals surface area contributed by atoms with Crippen molar-refractivity contribution in [2.24, 2.45) is 0 Å². The van der Waals surface area contributed by atoms with E-state index in [1.54, 1.807) is 45.6 Å². The molecule has 24 heavy (non-hydrogen) atoms. The van der Waals surface area contributed by atoms with Crippen molar-refractivity contribution < 1.29 is 19.0 Å². The zero-order valence-corrected chi connectivity index (χ0v) is 14.3. The van der Waals surface area contributed by atoms with Crippen LogP contribution in [-0.4, -0.2) is 34.2 Å². The number of rotatable bonds is 7. The normalized spacial score (nSPS) is 10.5. The lowest BCUT2D eigenvalue weighted by Crippen LogP contribution is -1.98. The molecular weight excluding hydrogens is 306 g/mol. The summed E-state index contributed by atoms with van der Waals surface area (Å²) in [7, 11) is 6.49. The first-order valence-electron chi connectivity index (χ1n) is 7.43. The summed E-state index contributed by atoms with van der Waals surface area (Å²) < 4.78 is 16.0. The molecule has 0 aliphatic rings. The van der Waals surface area contributed by atoms with Gasteiger partial charge in [0, 0.05) is 23.9 Å². The van der Waals surface area contributed by atoms with Gasteiger partial charge >= 0.3 is 0 Å². The predicted molar refractivity (Wildman–Crippen MR) is 95.5 cm³/mol. The first-order chi connectivity index (χ1) is 11.6.